The second kappa shape index (κ2) is 6.25. The van der Waals surface area contributed by atoms with Crippen LogP contribution in [0.1, 0.15) is 18.1 Å². The molecule has 2 aromatic carbocycles. The lowest BCUT2D eigenvalue weighted by atomic mass is 10.1. The van der Waals surface area contributed by atoms with E-state index in [1.165, 1.54) is 0 Å². The van der Waals surface area contributed by atoms with E-state index in [1.807, 2.05) is 56.3 Å². The molecule has 3 heteroatoms. The highest BCUT2D eigenvalue weighted by Crippen LogP contribution is 2.31. The Hall–Kier alpha value is -2.00. The van der Waals surface area contributed by atoms with Crippen LogP contribution in [0.5, 0.6) is 17.2 Å². The molecule has 0 aromatic heterocycles. The minimum absolute atomic E-state index is 0.543. The molecule has 0 saturated heterocycles. The van der Waals surface area contributed by atoms with Crippen LogP contribution in [0.2, 0.25) is 0 Å². The molecule has 2 rings (SSSR count). The van der Waals surface area contributed by atoms with E-state index in [2.05, 4.69) is 0 Å². The first-order valence-electron chi connectivity index (χ1n) is 6.44. The van der Waals surface area contributed by atoms with Gasteiger partial charge >= 0.3 is 0 Å². The van der Waals surface area contributed by atoms with Gasteiger partial charge in [-0.1, -0.05) is 18.2 Å². The van der Waals surface area contributed by atoms with Crippen molar-refractivity contribution >= 4 is 0 Å². The number of benzene rings is 2. The fourth-order valence-corrected chi connectivity index (χ4v) is 1.90. The summed E-state index contributed by atoms with van der Waals surface area (Å²) in [6, 6.07) is 13.6. The zero-order valence-corrected chi connectivity index (χ0v) is 11.3. The van der Waals surface area contributed by atoms with E-state index in [9.17, 15) is 0 Å². The van der Waals surface area contributed by atoms with Gasteiger partial charge in [-0.3, -0.25) is 0 Å². The van der Waals surface area contributed by atoms with E-state index in [0.717, 1.165) is 28.4 Å². The van der Waals surface area contributed by atoms with E-state index in [-0.39, 0.29) is 0 Å². The second-order valence-electron chi connectivity index (χ2n) is 4.27. The molecular weight excluding hydrogens is 238 g/mol. The van der Waals surface area contributed by atoms with E-state index < -0.39 is 0 Å². The normalized spacial score (nSPS) is 10.3. The molecule has 0 aliphatic carbocycles. The fourth-order valence-electron chi connectivity index (χ4n) is 1.90. The molecule has 0 fully saturated rings. The zero-order valence-electron chi connectivity index (χ0n) is 11.3. The van der Waals surface area contributed by atoms with Crippen molar-refractivity contribution in [1.29, 1.82) is 0 Å². The maximum Gasteiger partial charge on any atom is 0.169 e. The van der Waals surface area contributed by atoms with Crippen molar-refractivity contribution in [3.05, 3.63) is 53.6 Å². The third-order valence-corrected chi connectivity index (χ3v) is 2.91. The smallest absolute Gasteiger partial charge is 0.169 e. The van der Waals surface area contributed by atoms with Crippen LogP contribution in [0.15, 0.2) is 42.5 Å². The third kappa shape index (κ3) is 3.26. The van der Waals surface area contributed by atoms with Crippen LogP contribution in [0, 0.1) is 6.92 Å². The Bertz CT molecular complexity index is 552. The van der Waals surface area contributed by atoms with Crippen molar-refractivity contribution < 1.29 is 9.47 Å². The van der Waals surface area contributed by atoms with Gasteiger partial charge in [0.25, 0.3) is 0 Å². The summed E-state index contributed by atoms with van der Waals surface area (Å²) in [5.74, 6) is 2.27. The molecule has 0 saturated carbocycles. The van der Waals surface area contributed by atoms with Gasteiger partial charge in [0, 0.05) is 6.54 Å². The first-order chi connectivity index (χ1) is 9.24. The van der Waals surface area contributed by atoms with Gasteiger partial charge in [-0.25, -0.2) is 0 Å². The average molecular weight is 257 g/mol. The van der Waals surface area contributed by atoms with Gasteiger partial charge in [0.2, 0.25) is 0 Å². The Morgan fingerprint density at radius 3 is 2.42 bits per heavy atom. The lowest BCUT2D eigenvalue weighted by Gasteiger charge is -2.12. The molecule has 0 heterocycles. The van der Waals surface area contributed by atoms with Crippen molar-refractivity contribution in [2.75, 3.05) is 6.61 Å². The molecule has 0 amide bonds. The first-order valence-corrected chi connectivity index (χ1v) is 6.44. The van der Waals surface area contributed by atoms with Gasteiger partial charge < -0.3 is 15.2 Å². The number of hydrogen-bond acceptors (Lipinski definition) is 3. The number of para-hydroxylation sites is 2. The lowest BCUT2D eigenvalue weighted by Crippen LogP contribution is -1.99. The number of ether oxygens (including phenoxy) is 2. The predicted octanol–water partition coefficient (Wildman–Crippen LogP) is 3.64. The molecule has 0 spiro atoms. The van der Waals surface area contributed by atoms with Crippen LogP contribution in [0.4, 0.5) is 0 Å². The molecule has 3 nitrogen and oxygen atoms in total. The highest BCUT2D eigenvalue weighted by atomic mass is 16.5. The van der Waals surface area contributed by atoms with Crippen molar-refractivity contribution in [1.82, 2.24) is 0 Å². The van der Waals surface area contributed by atoms with Gasteiger partial charge in [-0.15, -0.1) is 0 Å². The van der Waals surface area contributed by atoms with Crippen molar-refractivity contribution in [3.8, 4) is 17.2 Å². The van der Waals surface area contributed by atoms with Crippen molar-refractivity contribution in [2.45, 2.75) is 20.4 Å². The lowest BCUT2D eigenvalue weighted by molar-refractivity contribution is 0.321. The summed E-state index contributed by atoms with van der Waals surface area (Å²) >= 11 is 0. The first kappa shape index (κ1) is 13.4. The van der Waals surface area contributed by atoms with E-state index in [0.29, 0.717) is 13.2 Å². The van der Waals surface area contributed by atoms with Gasteiger partial charge in [-0.2, -0.15) is 0 Å². The number of nitrogens with two attached hydrogens (primary N) is 1. The molecule has 0 unspecified atom stereocenters. The molecule has 0 aliphatic rings. The van der Waals surface area contributed by atoms with Gasteiger partial charge in [-0.05, 0) is 49.2 Å². The van der Waals surface area contributed by atoms with Crippen LogP contribution in [0.3, 0.4) is 0 Å². The minimum Gasteiger partial charge on any atom is -0.490 e. The predicted molar refractivity (Wildman–Crippen MR) is 76.8 cm³/mol. The van der Waals surface area contributed by atoms with Crippen molar-refractivity contribution in [2.24, 2.45) is 5.73 Å². The molecule has 0 radical (unpaired) electrons. The number of hydrogen-bond donors (Lipinski definition) is 1. The topological polar surface area (TPSA) is 44.5 Å². The van der Waals surface area contributed by atoms with Gasteiger partial charge in [0.05, 0.1) is 6.61 Å². The Morgan fingerprint density at radius 2 is 1.79 bits per heavy atom. The third-order valence-electron chi connectivity index (χ3n) is 2.91. The Balaban J connectivity index is 2.23. The summed E-state index contributed by atoms with van der Waals surface area (Å²) in [6.07, 6.45) is 0. The Morgan fingerprint density at radius 1 is 1.05 bits per heavy atom. The molecule has 100 valence electrons. The zero-order chi connectivity index (χ0) is 13.7. The molecule has 0 bridgehead atoms. The van der Waals surface area contributed by atoms with Crippen LogP contribution in [0.25, 0.3) is 0 Å². The molecule has 19 heavy (non-hydrogen) atoms. The van der Waals surface area contributed by atoms with Crippen LogP contribution in [-0.2, 0) is 6.54 Å². The second-order valence-corrected chi connectivity index (χ2v) is 4.27. The molecule has 2 N–H and O–H groups in total. The van der Waals surface area contributed by atoms with Crippen LogP contribution in [-0.4, -0.2) is 6.61 Å². The Labute approximate surface area is 114 Å². The SMILES string of the molecule is CCOc1ccccc1Oc1ccc(CN)c(C)c1. The quantitative estimate of drug-likeness (QED) is 0.889. The highest BCUT2D eigenvalue weighted by molar-refractivity contribution is 5.44. The van der Waals surface area contributed by atoms with E-state index >= 15 is 0 Å². The van der Waals surface area contributed by atoms with Gasteiger partial charge in [0.15, 0.2) is 11.5 Å². The van der Waals surface area contributed by atoms with Gasteiger partial charge in [0.1, 0.15) is 5.75 Å². The van der Waals surface area contributed by atoms with E-state index in [1.54, 1.807) is 0 Å². The Kier molecular flexibility index (Phi) is 4.42. The largest absolute Gasteiger partial charge is 0.490 e. The monoisotopic (exact) mass is 257 g/mol. The minimum atomic E-state index is 0.543. The van der Waals surface area contributed by atoms with Crippen LogP contribution >= 0.6 is 0 Å². The van der Waals surface area contributed by atoms with Crippen molar-refractivity contribution in [3.63, 3.8) is 0 Å². The van der Waals surface area contributed by atoms with Crippen LogP contribution < -0.4 is 15.2 Å². The molecule has 0 atom stereocenters. The molecule has 0 aliphatic heterocycles. The summed E-state index contributed by atoms with van der Waals surface area (Å²) in [5, 5.41) is 0. The number of aryl methyl sites for hydroxylation is 1. The number of rotatable bonds is 5. The maximum atomic E-state index is 5.88. The average Bonchev–Trinajstić information content (AvgIpc) is 2.41. The molecular formula is C16H19NO2. The standard InChI is InChI=1S/C16H19NO2/c1-3-18-15-6-4-5-7-16(15)19-14-9-8-13(11-17)12(2)10-14/h4-10H,3,11,17H2,1-2H3. The summed E-state index contributed by atoms with van der Waals surface area (Å²) in [4.78, 5) is 0. The highest BCUT2D eigenvalue weighted by Gasteiger charge is 2.06. The fraction of sp³-hybridized carbons (Fsp3) is 0.250. The van der Waals surface area contributed by atoms with E-state index in [4.69, 9.17) is 15.2 Å². The molecule has 2 aromatic rings. The summed E-state index contributed by atoms with van der Waals surface area (Å²) in [6.45, 7) is 5.15. The maximum absolute atomic E-state index is 5.88. The summed E-state index contributed by atoms with van der Waals surface area (Å²) in [5.41, 5.74) is 7.92. The summed E-state index contributed by atoms with van der Waals surface area (Å²) < 4.78 is 11.4. The summed E-state index contributed by atoms with van der Waals surface area (Å²) in [7, 11) is 0.